The fourth-order valence-electron chi connectivity index (χ4n) is 2.09. The fourth-order valence-corrected chi connectivity index (χ4v) is 2.09. The number of benzene rings is 2. The van der Waals surface area contributed by atoms with Gasteiger partial charge in [-0.1, -0.05) is 0 Å². The molecular weight excluding hydrogens is 315 g/mol. The number of halogens is 1. The number of amides is 2. The minimum absolute atomic E-state index is 0.261. The van der Waals surface area contributed by atoms with E-state index in [4.69, 9.17) is 0 Å². The number of hydrogen-bond donors (Lipinski definition) is 4. The molecule has 0 saturated carbocycles. The number of carbonyl (C=O) groups excluding carboxylic acids is 1. The number of phenols is 2. The molecule has 3 aromatic rings. The summed E-state index contributed by atoms with van der Waals surface area (Å²) in [6, 6.07) is 7.48. The first-order valence-electron chi connectivity index (χ1n) is 6.91. The minimum atomic E-state index is -0.616. The van der Waals surface area contributed by atoms with E-state index < -0.39 is 11.8 Å². The Labute approximate surface area is 136 Å². The summed E-state index contributed by atoms with van der Waals surface area (Å²) in [6.07, 6.45) is 4.61. The third-order valence-corrected chi connectivity index (χ3v) is 3.22. The normalized spacial score (nSPS) is 10.4. The molecule has 2 amide bonds. The van der Waals surface area contributed by atoms with Gasteiger partial charge in [-0.25, -0.2) is 14.2 Å². The second kappa shape index (κ2) is 6.29. The van der Waals surface area contributed by atoms with Crippen LogP contribution in [-0.2, 0) is 0 Å². The summed E-state index contributed by atoms with van der Waals surface area (Å²) in [4.78, 5) is 15.7. The molecule has 0 radical (unpaired) electrons. The van der Waals surface area contributed by atoms with Crippen LogP contribution in [0.25, 0.3) is 5.69 Å². The molecule has 0 saturated heterocycles. The zero-order chi connectivity index (χ0) is 17.1. The quantitative estimate of drug-likeness (QED) is 0.438. The standard InChI is InChI=1S/C16H13FN4O3/c17-12-7-10(1-3-13(12)21-6-5-18-9-21)19-16(24)20-11-2-4-14(22)15(23)8-11/h1-9,22-23H,(H2,19,20,24). The maximum atomic E-state index is 14.1. The highest BCUT2D eigenvalue weighted by Gasteiger charge is 2.09. The van der Waals surface area contributed by atoms with Crippen LogP contribution in [0.15, 0.2) is 55.1 Å². The number of aromatic nitrogens is 2. The van der Waals surface area contributed by atoms with Crippen LogP contribution in [0.4, 0.5) is 20.6 Å². The molecule has 0 bridgehead atoms. The van der Waals surface area contributed by atoms with E-state index in [0.717, 1.165) is 0 Å². The number of hydrogen-bond acceptors (Lipinski definition) is 4. The van der Waals surface area contributed by atoms with Crippen LogP contribution in [0.2, 0.25) is 0 Å². The number of urea groups is 1. The Morgan fingerprint density at radius 2 is 1.75 bits per heavy atom. The van der Waals surface area contributed by atoms with Gasteiger partial charge in [-0.2, -0.15) is 0 Å². The summed E-state index contributed by atoms with van der Waals surface area (Å²) >= 11 is 0. The molecule has 0 aliphatic heterocycles. The Kier molecular flexibility index (Phi) is 4.02. The zero-order valence-electron chi connectivity index (χ0n) is 12.3. The van der Waals surface area contributed by atoms with Gasteiger partial charge in [-0.05, 0) is 30.3 Å². The Balaban J connectivity index is 1.70. The summed E-state index contributed by atoms with van der Waals surface area (Å²) in [5.74, 6) is -1.17. The van der Waals surface area contributed by atoms with Gasteiger partial charge in [0.1, 0.15) is 5.82 Å². The van der Waals surface area contributed by atoms with E-state index >= 15 is 0 Å². The molecule has 8 heteroatoms. The molecule has 1 aromatic heterocycles. The smallest absolute Gasteiger partial charge is 0.323 e. The minimum Gasteiger partial charge on any atom is -0.504 e. The Morgan fingerprint density at radius 1 is 1.04 bits per heavy atom. The van der Waals surface area contributed by atoms with Crippen LogP contribution < -0.4 is 10.6 Å². The summed E-state index contributed by atoms with van der Waals surface area (Å²) in [5.41, 5.74) is 0.845. The molecule has 0 aliphatic carbocycles. The summed E-state index contributed by atoms with van der Waals surface area (Å²) in [5, 5.41) is 23.5. The molecule has 7 nitrogen and oxygen atoms in total. The van der Waals surface area contributed by atoms with Crippen molar-refractivity contribution in [3.05, 3.63) is 60.9 Å². The van der Waals surface area contributed by atoms with Gasteiger partial charge in [-0.15, -0.1) is 0 Å². The van der Waals surface area contributed by atoms with Crippen molar-refractivity contribution < 1.29 is 19.4 Å². The third kappa shape index (κ3) is 3.27. The highest BCUT2D eigenvalue weighted by Crippen LogP contribution is 2.27. The monoisotopic (exact) mass is 328 g/mol. The number of anilines is 2. The highest BCUT2D eigenvalue weighted by atomic mass is 19.1. The van der Waals surface area contributed by atoms with Gasteiger partial charge in [0.15, 0.2) is 11.5 Å². The van der Waals surface area contributed by atoms with E-state index in [-0.39, 0.29) is 22.9 Å². The van der Waals surface area contributed by atoms with Gasteiger partial charge in [-0.3, -0.25) is 0 Å². The van der Waals surface area contributed by atoms with Crippen LogP contribution in [0.5, 0.6) is 11.5 Å². The number of aromatic hydroxyl groups is 2. The lowest BCUT2D eigenvalue weighted by atomic mass is 10.2. The molecule has 2 aromatic carbocycles. The van der Waals surface area contributed by atoms with Crippen molar-refractivity contribution in [3.63, 3.8) is 0 Å². The maximum Gasteiger partial charge on any atom is 0.323 e. The zero-order valence-corrected chi connectivity index (χ0v) is 12.3. The molecule has 3 rings (SSSR count). The van der Waals surface area contributed by atoms with Gasteiger partial charge in [0.05, 0.1) is 12.0 Å². The van der Waals surface area contributed by atoms with Crippen LogP contribution >= 0.6 is 0 Å². The molecule has 1 heterocycles. The lowest BCUT2D eigenvalue weighted by molar-refractivity contribution is 0.262. The number of nitrogens with one attached hydrogen (secondary N) is 2. The predicted molar refractivity (Wildman–Crippen MR) is 85.9 cm³/mol. The number of nitrogens with zero attached hydrogens (tertiary/aromatic N) is 2. The van der Waals surface area contributed by atoms with E-state index in [1.807, 2.05) is 0 Å². The molecular formula is C16H13FN4O3. The van der Waals surface area contributed by atoms with Crippen molar-refractivity contribution in [1.29, 1.82) is 0 Å². The van der Waals surface area contributed by atoms with Gasteiger partial charge in [0.25, 0.3) is 0 Å². The summed E-state index contributed by atoms with van der Waals surface area (Å²) < 4.78 is 15.6. The number of carbonyl (C=O) groups is 1. The fraction of sp³-hybridized carbons (Fsp3) is 0. The van der Waals surface area contributed by atoms with Crippen LogP contribution in [0.3, 0.4) is 0 Å². The Bertz CT molecular complexity index is 881. The topological polar surface area (TPSA) is 99.4 Å². The number of imidazole rings is 1. The second-order valence-corrected chi connectivity index (χ2v) is 4.92. The maximum absolute atomic E-state index is 14.1. The Hall–Kier alpha value is -3.55. The van der Waals surface area contributed by atoms with Crippen molar-refractivity contribution in [3.8, 4) is 17.2 Å². The largest absolute Gasteiger partial charge is 0.504 e. The van der Waals surface area contributed by atoms with Crippen molar-refractivity contribution in [2.45, 2.75) is 0 Å². The van der Waals surface area contributed by atoms with Gasteiger partial charge in [0.2, 0.25) is 0 Å². The van der Waals surface area contributed by atoms with E-state index in [1.54, 1.807) is 12.3 Å². The molecule has 122 valence electrons. The second-order valence-electron chi connectivity index (χ2n) is 4.92. The average Bonchev–Trinajstić information content (AvgIpc) is 3.05. The van der Waals surface area contributed by atoms with E-state index in [2.05, 4.69) is 15.6 Å². The van der Waals surface area contributed by atoms with Crippen LogP contribution in [0.1, 0.15) is 0 Å². The molecule has 0 unspecified atom stereocenters. The highest BCUT2D eigenvalue weighted by molar-refractivity contribution is 6.00. The van der Waals surface area contributed by atoms with E-state index in [0.29, 0.717) is 5.69 Å². The average molecular weight is 328 g/mol. The van der Waals surface area contributed by atoms with Crippen LogP contribution in [-0.4, -0.2) is 25.8 Å². The van der Waals surface area contributed by atoms with Crippen molar-refractivity contribution in [2.75, 3.05) is 10.6 Å². The molecule has 4 N–H and O–H groups in total. The first kappa shape index (κ1) is 15.3. The molecule has 0 fully saturated rings. The molecule has 24 heavy (non-hydrogen) atoms. The Morgan fingerprint density at radius 3 is 2.38 bits per heavy atom. The lowest BCUT2D eigenvalue weighted by Gasteiger charge is -2.10. The lowest BCUT2D eigenvalue weighted by Crippen LogP contribution is -2.19. The van der Waals surface area contributed by atoms with Crippen molar-refractivity contribution in [2.24, 2.45) is 0 Å². The third-order valence-electron chi connectivity index (χ3n) is 3.22. The summed E-state index contributed by atoms with van der Waals surface area (Å²) in [6.45, 7) is 0. The van der Waals surface area contributed by atoms with Gasteiger partial charge >= 0.3 is 6.03 Å². The molecule has 0 spiro atoms. The van der Waals surface area contributed by atoms with Gasteiger partial charge < -0.3 is 25.4 Å². The van der Waals surface area contributed by atoms with Gasteiger partial charge in [0, 0.05) is 29.8 Å². The van der Waals surface area contributed by atoms with Crippen molar-refractivity contribution in [1.82, 2.24) is 9.55 Å². The number of rotatable bonds is 3. The van der Waals surface area contributed by atoms with E-state index in [9.17, 15) is 19.4 Å². The predicted octanol–water partition coefficient (Wildman–Crippen LogP) is 3.07. The SMILES string of the molecule is O=C(Nc1ccc(O)c(O)c1)Nc1ccc(-n2ccnc2)c(F)c1. The number of phenolic OH excluding ortho intramolecular Hbond substituents is 2. The molecule has 0 atom stereocenters. The first-order chi connectivity index (χ1) is 11.5. The first-order valence-corrected chi connectivity index (χ1v) is 6.91. The molecule has 0 aliphatic rings. The summed E-state index contributed by atoms with van der Waals surface area (Å²) in [7, 11) is 0. The van der Waals surface area contributed by atoms with E-state index in [1.165, 1.54) is 47.4 Å². The van der Waals surface area contributed by atoms with Crippen molar-refractivity contribution >= 4 is 17.4 Å². The van der Waals surface area contributed by atoms with Crippen LogP contribution in [0, 0.1) is 5.82 Å².